The molecule has 0 spiro atoms. The first-order valence-electron chi connectivity index (χ1n) is 14.8. The summed E-state index contributed by atoms with van der Waals surface area (Å²) in [4.78, 5) is 10.1. The molecule has 0 saturated heterocycles. The number of nitrogens with zero attached hydrogens (tertiary/aromatic N) is 2. The van der Waals surface area contributed by atoms with Crippen LogP contribution in [-0.2, 0) is 5.41 Å². The SMILES string of the molecule is CC(C)(C)c1ccc(O)c(C=Nc2ccccc2-c2nc3c(-c4ccccc4)cc(-c4cccc5ccccc45)cc3s2)c1. The monoisotopic (exact) mass is 588 g/mol. The van der Waals surface area contributed by atoms with Crippen molar-refractivity contribution in [1.82, 2.24) is 4.98 Å². The van der Waals surface area contributed by atoms with Gasteiger partial charge in [0, 0.05) is 22.9 Å². The van der Waals surface area contributed by atoms with Crippen molar-refractivity contribution in [3.63, 3.8) is 0 Å². The van der Waals surface area contributed by atoms with E-state index in [1.807, 2.05) is 36.4 Å². The number of phenolic OH excluding ortho intramolecular Hbond substituents is 1. The zero-order valence-corrected chi connectivity index (χ0v) is 25.8. The van der Waals surface area contributed by atoms with Crippen LogP contribution in [0.3, 0.4) is 0 Å². The fourth-order valence-electron chi connectivity index (χ4n) is 5.65. The highest BCUT2D eigenvalue weighted by molar-refractivity contribution is 7.21. The Kier molecular flexibility index (Phi) is 7.07. The molecule has 0 bridgehead atoms. The highest BCUT2D eigenvalue weighted by atomic mass is 32.1. The van der Waals surface area contributed by atoms with Gasteiger partial charge in [0.15, 0.2) is 0 Å². The second kappa shape index (κ2) is 11.2. The number of aliphatic imine (C=N–C) groups is 1. The molecule has 0 radical (unpaired) electrons. The summed E-state index contributed by atoms with van der Waals surface area (Å²) in [5, 5.41) is 14.0. The first kappa shape index (κ1) is 27.8. The number of benzene rings is 6. The number of fused-ring (bicyclic) bond motifs is 2. The predicted molar refractivity (Wildman–Crippen MR) is 187 cm³/mol. The van der Waals surface area contributed by atoms with E-state index in [4.69, 9.17) is 9.98 Å². The van der Waals surface area contributed by atoms with Crippen molar-refractivity contribution in [3.05, 3.63) is 139 Å². The van der Waals surface area contributed by atoms with Gasteiger partial charge in [0.05, 0.1) is 15.9 Å². The van der Waals surface area contributed by atoms with Crippen LogP contribution in [0, 0.1) is 0 Å². The molecule has 4 heteroatoms. The Hall–Kier alpha value is -5.06. The lowest BCUT2D eigenvalue weighted by Gasteiger charge is -2.19. The standard InChI is InChI=1S/C40H32N2OS/c1-40(2,3)30-20-21-36(43)29(22-30)25-41-35-19-10-9-17-33(35)39-42-38-34(27-12-5-4-6-13-27)23-28(24-37(38)44-39)32-18-11-15-26-14-7-8-16-31(26)32/h4-25,43H,1-3H3. The number of aromatic nitrogens is 1. The Morgan fingerprint density at radius 1 is 0.682 bits per heavy atom. The highest BCUT2D eigenvalue weighted by Crippen LogP contribution is 2.42. The molecule has 0 aliphatic rings. The van der Waals surface area contributed by atoms with Crippen LogP contribution in [0.25, 0.3) is 53.8 Å². The summed E-state index contributed by atoms with van der Waals surface area (Å²) in [7, 11) is 0. The maximum absolute atomic E-state index is 10.6. The third-order valence-corrected chi connectivity index (χ3v) is 9.09. The van der Waals surface area contributed by atoms with Crippen LogP contribution in [0.4, 0.5) is 5.69 Å². The van der Waals surface area contributed by atoms with Crippen molar-refractivity contribution in [2.45, 2.75) is 26.2 Å². The second-order valence-electron chi connectivity index (χ2n) is 12.1. The average molecular weight is 589 g/mol. The summed E-state index contributed by atoms with van der Waals surface area (Å²) < 4.78 is 1.12. The van der Waals surface area contributed by atoms with E-state index < -0.39 is 0 Å². The number of hydrogen-bond donors (Lipinski definition) is 1. The van der Waals surface area contributed by atoms with E-state index in [0.717, 1.165) is 43.2 Å². The summed E-state index contributed by atoms with van der Waals surface area (Å²) in [6, 6.07) is 43.9. The summed E-state index contributed by atoms with van der Waals surface area (Å²) in [5.74, 6) is 0.215. The fraction of sp³-hybridized carbons (Fsp3) is 0.100. The minimum atomic E-state index is -0.0312. The lowest BCUT2D eigenvalue weighted by molar-refractivity contribution is 0.473. The molecule has 6 aromatic carbocycles. The number of aromatic hydroxyl groups is 1. The van der Waals surface area contributed by atoms with Gasteiger partial charge in [-0.25, -0.2) is 4.98 Å². The smallest absolute Gasteiger partial charge is 0.126 e. The van der Waals surface area contributed by atoms with Crippen LogP contribution < -0.4 is 0 Å². The molecule has 7 rings (SSSR count). The van der Waals surface area contributed by atoms with Crippen LogP contribution in [0.1, 0.15) is 31.9 Å². The van der Waals surface area contributed by atoms with Gasteiger partial charge < -0.3 is 5.11 Å². The maximum atomic E-state index is 10.6. The maximum Gasteiger partial charge on any atom is 0.126 e. The number of phenols is 1. The summed E-state index contributed by atoms with van der Waals surface area (Å²) in [6.45, 7) is 6.49. The van der Waals surface area contributed by atoms with Gasteiger partial charge in [0.2, 0.25) is 0 Å². The Morgan fingerprint density at radius 2 is 1.41 bits per heavy atom. The Balaban J connectivity index is 1.37. The molecule has 0 aliphatic heterocycles. The minimum absolute atomic E-state index is 0.0312. The molecule has 44 heavy (non-hydrogen) atoms. The zero-order chi connectivity index (χ0) is 30.3. The van der Waals surface area contributed by atoms with Crippen molar-refractivity contribution in [1.29, 1.82) is 0 Å². The molecular weight excluding hydrogens is 557 g/mol. The van der Waals surface area contributed by atoms with Crippen LogP contribution >= 0.6 is 11.3 Å². The third kappa shape index (κ3) is 5.29. The van der Waals surface area contributed by atoms with Gasteiger partial charge in [0.1, 0.15) is 10.8 Å². The Morgan fingerprint density at radius 3 is 2.25 bits per heavy atom. The van der Waals surface area contributed by atoms with E-state index in [2.05, 4.69) is 106 Å². The van der Waals surface area contributed by atoms with Crippen molar-refractivity contribution < 1.29 is 5.11 Å². The summed E-state index contributed by atoms with van der Waals surface area (Å²) >= 11 is 1.68. The van der Waals surface area contributed by atoms with Crippen LogP contribution in [0.15, 0.2) is 132 Å². The fourth-order valence-corrected chi connectivity index (χ4v) is 6.71. The van der Waals surface area contributed by atoms with Gasteiger partial charge in [-0.05, 0) is 74.8 Å². The van der Waals surface area contributed by atoms with Crippen LogP contribution in [-0.4, -0.2) is 16.3 Å². The molecule has 0 amide bonds. The average Bonchev–Trinajstić information content (AvgIpc) is 3.48. The normalized spacial score (nSPS) is 12.0. The molecule has 7 aromatic rings. The lowest BCUT2D eigenvalue weighted by Crippen LogP contribution is -2.11. The zero-order valence-electron chi connectivity index (χ0n) is 25.0. The van der Waals surface area contributed by atoms with Gasteiger partial charge >= 0.3 is 0 Å². The van der Waals surface area contributed by atoms with Gasteiger partial charge in [-0.15, -0.1) is 11.3 Å². The van der Waals surface area contributed by atoms with Gasteiger partial charge in [-0.1, -0.05) is 112 Å². The van der Waals surface area contributed by atoms with E-state index >= 15 is 0 Å². The molecule has 1 heterocycles. The molecule has 0 saturated carbocycles. The number of hydrogen-bond acceptors (Lipinski definition) is 4. The van der Waals surface area contributed by atoms with Crippen molar-refractivity contribution in [2.24, 2.45) is 4.99 Å². The second-order valence-corrected chi connectivity index (χ2v) is 13.1. The lowest BCUT2D eigenvalue weighted by atomic mass is 9.86. The minimum Gasteiger partial charge on any atom is -0.507 e. The predicted octanol–water partition coefficient (Wildman–Crippen LogP) is 11.2. The van der Waals surface area contributed by atoms with E-state index in [1.54, 1.807) is 23.6 Å². The number of rotatable bonds is 5. The first-order chi connectivity index (χ1) is 21.3. The van der Waals surface area contributed by atoms with Crippen LogP contribution in [0.2, 0.25) is 0 Å². The van der Waals surface area contributed by atoms with Crippen molar-refractivity contribution in [3.8, 4) is 38.6 Å². The third-order valence-electron chi connectivity index (χ3n) is 8.05. The molecule has 1 N–H and O–H groups in total. The van der Waals surface area contributed by atoms with Gasteiger partial charge in [0.25, 0.3) is 0 Å². The molecule has 0 atom stereocenters. The molecular formula is C40H32N2OS. The van der Waals surface area contributed by atoms with Crippen LogP contribution in [0.5, 0.6) is 5.75 Å². The molecule has 3 nitrogen and oxygen atoms in total. The molecule has 0 fully saturated rings. The Bertz CT molecular complexity index is 2170. The van der Waals surface area contributed by atoms with Crippen molar-refractivity contribution in [2.75, 3.05) is 0 Å². The van der Waals surface area contributed by atoms with E-state index in [1.165, 1.54) is 21.9 Å². The summed E-state index contributed by atoms with van der Waals surface area (Å²) in [5.41, 5.74) is 9.18. The topological polar surface area (TPSA) is 45.5 Å². The molecule has 0 unspecified atom stereocenters. The largest absolute Gasteiger partial charge is 0.507 e. The molecule has 0 aliphatic carbocycles. The van der Waals surface area contributed by atoms with Gasteiger partial charge in [-0.2, -0.15) is 0 Å². The van der Waals surface area contributed by atoms with Crippen molar-refractivity contribution >= 4 is 44.2 Å². The number of para-hydroxylation sites is 1. The first-order valence-corrected chi connectivity index (χ1v) is 15.6. The van der Waals surface area contributed by atoms with E-state index in [9.17, 15) is 5.11 Å². The summed E-state index contributed by atoms with van der Waals surface area (Å²) in [6.07, 6.45) is 1.75. The number of thiazole rings is 1. The molecule has 214 valence electrons. The Labute approximate surface area is 261 Å². The van der Waals surface area contributed by atoms with Gasteiger partial charge in [-0.3, -0.25) is 4.99 Å². The quantitative estimate of drug-likeness (QED) is 0.203. The van der Waals surface area contributed by atoms with E-state index in [0.29, 0.717) is 5.56 Å². The highest BCUT2D eigenvalue weighted by Gasteiger charge is 2.18. The van der Waals surface area contributed by atoms with E-state index in [-0.39, 0.29) is 11.2 Å². The molecule has 1 aromatic heterocycles.